The molecule has 0 unspecified atom stereocenters. The minimum atomic E-state index is 0.309. The molecule has 96 valence electrons. The number of allylic oxidation sites excluding steroid dienone is 3. The summed E-state index contributed by atoms with van der Waals surface area (Å²) in [5, 5.41) is 9.62. The summed E-state index contributed by atoms with van der Waals surface area (Å²) >= 11 is 0. The Labute approximate surface area is 109 Å². The van der Waals surface area contributed by atoms with Gasteiger partial charge in [0.2, 0.25) is 0 Å². The molecule has 0 spiro atoms. The van der Waals surface area contributed by atoms with Crippen molar-refractivity contribution in [3.63, 3.8) is 0 Å². The van der Waals surface area contributed by atoms with Gasteiger partial charge in [0, 0.05) is 5.56 Å². The maximum Gasteiger partial charge on any atom is 0.121 e. The van der Waals surface area contributed by atoms with E-state index in [2.05, 4.69) is 18.2 Å². The van der Waals surface area contributed by atoms with Gasteiger partial charge in [0.15, 0.2) is 0 Å². The topological polar surface area (TPSA) is 29.5 Å². The number of hydrogen-bond donors (Lipinski definition) is 1. The molecule has 1 aromatic rings. The Morgan fingerprint density at radius 3 is 2.89 bits per heavy atom. The van der Waals surface area contributed by atoms with Crippen molar-refractivity contribution in [1.82, 2.24) is 0 Å². The Bertz CT molecular complexity index is 432. The largest absolute Gasteiger partial charge is 0.508 e. The first kappa shape index (κ1) is 12.9. The van der Waals surface area contributed by atoms with E-state index in [1.165, 1.54) is 24.8 Å². The van der Waals surface area contributed by atoms with Crippen LogP contribution in [0.2, 0.25) is 0 Å². The Hall–Kier alpha value is -1.54. The first-order valence-electron chi connectivity index (χ1n) is 6.55. The number of para-hydroxylation sites is 1. The fourth-order valence-corrected chi connectivity index (χ4v) is 2.04. The summed E-state index contributed by atoms with van der Waals surface area (Å²) in [6.07, 6.45) is 11.3. The number of rotatable bonds is 4. The van der Waals surface area contributed by atoms with Gasteiger partial charge in [-0.05, 0) is 37.3 Å². The molecule has 2 nitrogen and oxygen atoms in total. The van der Waals surface area contributed by atoms with E-state index >= 15 is 0 Å². The highest BCUT2D eigenvalue weighted by molar-refractivity contribution is 5.31. The number of phenolic OH excluding ortho intramolecular Hbond substituents is 1. The van der Waals surface area contributed by atoms with Crippen LogP contribution < -0.4 is 0 Å². The van der Waals surface area contributed by atoms with E-state index < -0.39 is 0 Å². The van der Waals surface area contributed by atoms with Crippen LogP contribution in [0.1, 0.15) is 31.2 Å². The number of benzene rings is 1. The van der Waals surface area contributed by atoms with E-state index in [4.69, 9.17) is 4.74 Å². The Morgan fingerprint density at radius 1 is 1.11 bits per heavy atom. The van der Waals surface area contributed by atoms with Crippen LogP contribution in [0.15, 0.2) is 48.1 Å². The predicted molar refractivity (Wildman–Crippen MR) is 73.5 cm³/mol. The third kappa shape index (κ3) is 4.04. The van der Waals surface area contributed by atoms with Gasteiger partial charge in [0.1, 0.15) is 5.75 Å². The molecule has 0 amide bonds. The van der Waals surface area contributed by atoms with Crippen molar-refractivity contribution in [2.45, 2.75) is 32.3 Å². The van der Waals surface area contributed by atoms with Gasteiger partial charge in [-0.15, -0.1) is 0 Å². The average molecular weight is 244 g/mol. The molecule has 0 aliphatic heterocycles. The minimum absolute atomic E-state index is 0.309. The number of hydrogen-bond acceptors (Lipinski definition) is 2. The first-order valence-corrected chi connectivity index (χ1v) is 6.55. The van der Waals surface area contributed by atoms with Gasteiger partial charge in [0.05, 0.1) is 13.2 Å². The summed E-state index contributed by atoms with van der Waals surface area (Å²) in [6.45, 7) is 1.12. The fraction of sp³-hybridized carbons (Fsp3) is 0.375. The second kappa shape index (κ2) is 7.02. The molecular weight excluding hydrogens is 224 g/mol. The van der Waals surface area contributed by atoms with Crippen LogP contribution in [0.25, 0.3) is 0 Å². The Morgan fingerprint density at radius 2 is 2.00 bits per heavy atom. The zero-order valence-corrected chi connectivity index (χ0v) is 10.6. The molecule has 2 heteroatoms. The molecule has 0 aromatic heterocycles. The van der Waals surface area contributed by atoms with Crippen LogP contribution in [0.4, 0.5) is 0 Å². The van der Waals surface area contributed by atoms with Crippen molar-refractivity contribution < 1.29 is 9.84 Å². The summed E-state index contributed by atoms with van der Waals surface area (Å²) < 4.78 is 5.67. The van der Waals surface area contributed by atoms with Gasteiger partial charge in [0.25, 0.3) is 0 Å². The molecule has 0 saturated carbocycles. The molecule has 0 radical (unpaired) electrons. The van der Waals surface area contributed by atoms with Crippen molar-refractivity contribution in [3.05, 3.63) is 53.6 Å². The quantitative estimate of drug-likeness (QED) is 0.868. The molecule has 2 rings (SSSR count). The Balaban J connectivity index is 1.83. The molecule has 1 aromatic carbocycles. The smallest absolute Gasteiger partial charge is 0.121 e. The molecule has 0 bridgehead atoms. The molecule has 18 heavy (non-hydrogen) atoms. The lowest BCUT2D eigenvalue weighted by Gasteiger charge is -2.10. The zero-order valence-electron chi connectivity index (χ0n) is 10.6. The summed E-state index contributed by atoms with van der Waals surface area (Å²) in [5.41, 5.74) is 2.18. The predicted octanol–water partition coefficient (Wildman–Crippen LogP) is 3.97. The van der Waals surface area contributed by atoms with E-state index in [-0.39, 0.29) is 0 Å². The van der Waals surface area contributed by atoms with Gasteiger partial charge in [-0.2, -0.15) is 0 Å². The fourth-order valence-electron chi connectivity index (χ4n) is 2.04. The lowest BCUT2D eigenvalue weighted by molar-refractivity contribution is 0.138. The van der Waals surface area contributed by atoms with Crippen LogP contribution in [0.5, 0.6) is 5.75 Å². The molecule has 0 saturated heterocycles. The second-order valence-corrected chi connectivity index (χ2v) is 4.62. The van der Waals surface area contributed by atoms with Crippen molar-refractivity contribution in [2.75, 3.05) is 6.61 Å². The maximum absolute atomic E-state index is 9.62. The van der Waals surface area contributed by atoms with E-state index in [0.29, 0.717) is 19.0 Å². The van der Waals surface area contributed by atoms with Crippen LogP contribution in [0.3, 0.4) is 0 Å². The highest BCUT2D eigenvalue weighted by Crippen LogP contribution is 2.18. The van der Waals surface area contributed by atoms with E-state index in [1.54, 1.807) is 6.07 Å². The van der Waals surface area contributed by atoms with Crippen molar-refractivity contribution >= 4 is 0 Å². The molecule has 1 aliphatic carbocycles. The third-order valence-electron chi connectivity index (χ3n) is 3.12. The van der Waals surface area contributed by atoms with Crippen molar-refractivity contribution in [1.29, 1.82) is 0 Å². The average Bonchev–Trinajstić information content (AvgIpc) is 2.34. The summed E-state index contributed by atoms with van der Waals surface area (Å²) in [6, 6.07) is 7.31. The van der Waals surface area contributed by atoms with Crippen LogP contribution in [-0.2, 0) is 11.3 Å². The summed E-state index contributed by atoms with van der Waals surface area (Å²) in [7, 11) is 0. The van der Waals surface area contributed by atoms with Gasteiger partial charge in [-0.1, -0.05) is 36.4 Å². The molecule has 0 atom stereocenters. The van der Waals surface area contributed by atoms with Crippen LogP contribution in [0, 0.1) is 0 Å². The standard InChI is InChI=1S/C16H20O2/c17-16-11-7-6-10-15(16)13-18-12-14-8-4-2-1-3-5-9-14/h2,4,6-8,10-11,17H,1,3,5,9,12-13H2. The van der Waals surface area contributed by atoms with Gasteiger partial charge in [-0.3, -0.25) is 0 Å². The number of aromatic hydroxyl groups is 1. The van der Waals surface area contributed by atoms with Crippen molar-refractivity contribution in [3.8, 4) is 5.75 Å². The first-order chi connectivity index (χ1) is 8.86. The Kier molecular flexibility index (Phi) is 5.03. The maximum atomic E-state index is 9.62. The SMILES string of the molecule is Oc1ccccc1COCC1=CC=CCCCC1. The normalized spacial score (nSPS) is 15.9. The summed E-state index contributed by atoms with van der Waals surface area (Å²) in [5.74, 6) is 0.309. The molecule has 1 aliphatic rings. The highest BCUT2D eigenvalue weighted by atomic mass is 16.5. The minimum Gasteiger partial charge on any atom is -0.508 e. The van der Waals surface area contributed by atoms with Gasteiger partial charge < -0.3 is 9.84 Å². The molecular formula is C16H20O2. The second-order valence-electron chi connectivity index (χ2n) is 4.62. The third-order valence-corrected chi connectivity index (χ3v) is 3.12. The molecule has 0 heterocycles. The van der Waals surface area contributed by atoms with Gasteiger partial charge in [-0.25, -0.2) is 0 Å². The van der Waals surface area contributed by atoms with E-state index in [1.807, 2.05) is 18.2 Å². The lowest BCUT2D eigenvalue weighted by Crippen LogP contribution is -2.00. The van der Waals surface area contributed by atoms with Crippen molar-refractivity contribution in [2.24, 2.45) is 0 Å². The summed E-state index contributed by atoms with van der Waals surface area (Å²) in [4.78, 5) is 0. The number of ether oxygens (including phenoxy) is 1. The molecule has 1 N–H and O–H groups in total. The zero-order chi connectivity index (χ0) is 12.6. The number of phenols is 1. The van der Waals surface area contributed by atoms with E-state index in [9.17, 15) is 5.11 Å². The highest BCUT2D eigenvalue weighted by Gasteiger charge is 2.02. The lowest BCUT2D eigenvalue weighted by atomic mass is 10.0. The van der Waals surface area contributed by atoms with E-state index in [0.717, 1.165) is 12.0 Å². The molecule has 0 fully saturated rings. The van der Waals surface area contributed by atoms with Crippen LogP contribution in [-0.4, -0.2) is 11.7 Å². The van der Waals surface area contributed by atoms with Gasteiger partial charge >= 0.3 is 0 Å². The van der Waals surface area contributed by atoms with Crippen LogP contribution >= 0.6 is 0 Å². The monoisotopic (exact) mass is 244 g/mol.